The molecule has 1 unspecified atom stereocenters. The maximum absolute atomic E-state index is 9.12. The van der Waals surface area contributed by atoms with Crippen molar-refractivity contribution in [3.8, 4) is 0 Å². The van der Waals surface area contributed by atoms with Crippen LogP contribution in [0.4, 0.5) is 5.82 Å². The molecule has 1 saturated heterocycles. The molecule has 1 fully saturated rings. The van der Waals surface area contributed by atoms with E-state index in [4.69, 9.17) is 21.8 Å². The van der Waals surface area contributed by atoms with E-state index in [1.54, 1.807) is 6.07 Å². The minimum absolute atomic E-state index is 0.138. The minimum Gasteiger partial charge on any atom is -0.396 e. The van der Waals surface area contributed by atoms with Gasteiger partial charge in [0.1, 0.15) is 5.82 Å². The molecule has 17 heavy (non-hydrogen) atoms. The molecule has 2 heterocycles. The van der Waals surface area contributed by atoms with Crippen molar-refractivity contribution >= 4 is 17.4 Å². The van der Waals surface area contributed by atoms with Gasteiger partial charge in [-0.2, -0.15) is 0 Å². The minimum atomic E-state index is -0.138. The molecule has 0 aromatic carbocycles. The van der Waals surface area contributed by atoms with Crippen LogP contribution < -0.4 is 4.90 Å². The fourth-order valence-electron chi connectivity index (χ4n) is 2.22. The second-order valence-electron chi connectivity index (χ2n) is 4.37. The largest absolute Gasteiger partial charge is 0.396 e. The molecular formula is C12H17ClN2O2. The van der Waals surface area contributed by atoms with Gasteiger partial charge in [0.2, 0.25) is 0 Å². The van der Waals surface area contributed by atoms with Gasteiger partial charge >= 0.3 is 0 Å². The van der Waals surface area contributed by atoms with Crippen LogP contribution in [0.2, 0.25) is 5.02 Å². The topological polar surface area (TPSA) is 56.6 Å². The van der Waals surface area contributed by atoms with Gasteiger partial charge in [0.25, 0.3) is 0 Å². The zero-order valence-electron chi connectivity index (χ0n) is 9.64. The van der Waals surface area contributed by atoms with Gasteiger partial charge in [-0.3, -0.25) is 0 Å². The Labute approximate surface area is 106 Å². The Morgan fingerprint density at radius 2 is 2.24 bits per heavy atom. The van der Waals surface area contributed by atoms with Crippen LogP contribution in [0.1, 0.15) is 18.5 Å². The lowest BCUT2D eigenvalue weighted by Crippen LogP contribution is -2.21. The summed E-state index contributed by atoms with van der Waals surface area (Å²) < 4.78 is 0. The molecule has 0 aliphatic carbocycles. The van der Waals surface area contributed by atoms with Crippen LogP contribution in [0.25, 0.3) is 0 Å². The van der Waals surface area contributed by atoms with Crippen LogP contribution in [0.5, 0.6) is 0 Å². The quantitative estimate of drug-likeness (QED) is 0.856. The maximum Gasteiger partial charge on any atom is 0.129 e. The first-order chi connectivity index (χ1) is 8.24. The van der Waals surface area contributed by atoms with E-state index in [0.29, 0.717) is 16.6 Å². The van der Waals surface area contributed by atoms with Gasteiger partial charge in [0.05, 0.1) is 17.3 Å². The summed E-state index contributed by atoms with van der Waals surface area (Å²) in [5, 5.41) is 18.5. The van der Waals surface area contributed by atoms with Gasteiger partial charge < -0.3 is 15.1 Å². The number of aliphatic hydroxyl groups is 2. The number of nitrogens with zero attached hydrogens (tertiary/aromatic N) is 2. The maximum atomic E-state index is 9.12. The summed E-state index contributed by atoms with van der Waals surface area (Å²) in [7, 11) is 0. The van der Waals surface area contributed by atoms with E-state index in [0.717, 1.165) is 31.7 Å². The van der Waals surface area contributed by atoms with Gasteiger partial charge in [-0.05, 0) is 30.9 Å². The number of anilines is 1. The summed E-state index contributed by atoms with van der Waals surface area (Å²) >= 11 is 5.91. The molecule has 0 saturated carbocycles. The van der Waals surface area contributed by atoms with E-state index in [-0.39, 0.29) is 13.2 Å². The van der Waals surface area contributed by atoms with Crippen LogP contribution in [0.15, 0.2) is 12.1 Å². The second-order valence-corrected chi connectivity index (χ2v) is 4.78. The van der Waals surface area contributed by atoms with Crippen molar-refractivity contribution in [3.63, 3.8) is 0 Å². The van der Waals surface area contributed by atoms with Crippen molar-refractivity contribution in [1.82, 2.24) is 4.98 Å². The Bertz CT molecular complexity index is 387. The first kappa shape index (κ1) is 12.6. The number of rotatable bonds is 4. The van der Waals surface area contributed by atoms with Crippen molar-refractivity contribution in [2.45, 2.75) is 19.4 Å². The number of halogens is 1. The van der Waals surface area contributed by atoms with E-state index >= 15 is 0 Å². The fourth-order valence-corrected chi connectivity index (χ4v) is 2.38. The molecular weight excluding hydrogens is 240 g/mol. The number of pyridine rings is 1. The zero-order chi connectivity index (χ0) is 12.3. The van der Waals surface area contributed by atoms with Gasteiger partial charge in [0.15, 0.2) is 0 Å². The number of hydrogen-bond acceptors (Lipinski definition) is 4. The highest BCUT2D eigenvalue weighted by Gasteiger charge is 2.23. The monoisotopic (exact) mass is 256 g/mol. The average molecular weight is 257 g/mol. The third-order valence-electron chi connectivity index (χ3n) is 3.20. The molecule has 0 radical (unpaired) electrons. The van der Waals surface area contributed by atoms with E-state index in [1.807, 2.05) is 6.07 Å². The highest BCUT2D eigenvalue weighted by molar-refractivity contribution is 6.31. The molecule has 0 spiro atoms. The van der Waals surface area contributed by atoms with Crippen molar-refractivity contribution in [1.29, 1.82) is 0 Å². The summed E-state index contributed by atoms with van der Waals surface area (Å²) in [5.41, 5.74) is 0.523. The lowest BCUT2D eigenvalue weighted by atomic mass is 10.1. The normalized spacial score (nSPS) is 19.9. The molecule has 1 atom stereocenters. The molecule has 1 aromatic heterocycles. The van der Waals surface area contributed by atoms with Gasteiger partial charge in [-0.25, -0.2) is 4.98 Å². The highest BCUT2D eigenvalue weighted by Crippen LogP contribution is 2.26. The summed E-state index contributed by atoms with van der Waals surface area (Å²) in [6.07, 6.45) is 1.93. The molecule has 1 aliphatic heterocycles. The van der Waals surface area contributed by atoms with Crippen LogP contribution in [0.3, 0.4) is 0 Å². The van der Waals surface area contributed by atoms with Crippen LogP contribution >= 0.6 is 11.6 Å². The molecule has 1 aliphatic rings. The second kappa shape index (κ2) is 5.67. The Kier molecular flexibility index (Phi) is 4.20. The summed E-state index contributed by atoms with van der Waals surface area (Å²) in [6, 6.07) is 3.65. The van der Waals surface area contributed by atoms with Crippen molar-refractivity contribution in [3.05, 3.63) is 22.8 Å². The number of hydrogen-bond donors (Lipinski definition) is 2. The third-order valence-corrected chi connectivity index (χ3v) is 3.55. The molecule has 2 N–H and O–H groups in total. The summed E-state index contributed by atoms with van der Waals surface area (Å²) in [4.78, 5) is 6.53. The molecule has 2 rings (SSSR count). The first-order valence-corrected chi connectivity index (χ1v) is 6.24. The molecule has 5 heteroatoms. The number of aromatic nitrogens is 1. The van der Waals surface area contributed by atoms with Crippen LogP contribution in [-0.2, 0) is 6.61 Å². The zero-order valence-corrected chi connectivity index (χ0v) is 10.4. The van der Waals surface area contributed by atoms with Crippen LogP contribution in [0, 0.1) is 5.92 Å². The lowest BCUT2D eigenvalue weighted by Gasteiger charge is -2.18. The summed E-state index contributed by atoms with van der Waals surface area (Å²) in [6.45, 7) is 1.97. The Hall–Kier alpha value is -0.840. The first-order valence-electron chi connectivity index (χ1n) is 5.86. The molecule has 94 valence electrons. The Balaban J connectivity index is 2.08. The van der Waals surface area contributed by atoms with Gasteiger partial charge in [0, 0.05) is 19.7 Å². The van der Waals surface area contributed by atoms with Crippen molar-refractivity contribution in [2.75, 3.05) is 24.6 Å². The van der Waals surface area contributed by atoms with Crippen molar-refractivity contribution in [2.24, 2.45) is 5.92 Å². The molecule has 1 aromatic rings. The van der Waals surface area contributed by atoms with Crippen molar-refractivity contribution < 1.29 is 10.2 Å². The third kappa shape index (κ3) is 2.89. The smallest absolute Gasteiger partial charge is 0.129 e. The predicted molar refractivity (Wildman–Crippen MR) is 67.2 cm³/mol. The lowest BCUT2D eigenvalue weighted by molar-refractivity contribution is 0.263. The van der Waals surface area contributed by atoms with Crippen LogP contribution in [-0.4, -0.2) is 34.9 Å². The highest BCUT2D eigenvalue weighted by atomic mass is 35.5. The van der Waals surface area contributed by atoms with E-state index in [9.17, 15) is 0 Å². The molecule has 0 bridgehead atoms. The Morgan fingerprint density at radius 3 is 2.94 bits per heavy atom. The SMILES string of the molecule is OCCC1CCN(c2ccc(Cl)c(CO)n2)C1. The summed E-state index contributed by atoms with van der Waals surface area (Å²) in [5.74, 6) is 1.40. The Morgan fingerprint density at radius 1 is 1.41 bits per heavy atom. The van der Waals surface area contributed by atoms with Gasteiger partial charge in [-0.1, -0.05) is 11.6 Å². The standard InChI is InChI=1S/C12H17ClN2O2/c13-10-1-2-12(14-11(10)8-17)15-5-3-9(7-15)4-6-16/h1-2,9,16-17H,3-8H2. The average Bonchev–Trinajstić information content (AvgIpc) is 2.79. The molecule has 0 amide bonds. The molecule has 4 nitrogen and oxygen atoms in total. The van der Waals surface area contributed by atoms with E-state index in [2.05, 4.69) is 9.88 Å². The van der Waals surface area contributed by atoms with Gasteiger partial charge in [-0.15, -0.1) is 0 Å². The predicted octanol–water partition coefficient (Wildman–Crippen LogP) is 1.44. The fraction of sp³-hybridized carbons (Fsp3) is 0.583. The number of aliphatic hydroxyl groups excluding tert-OH is 2. The van der Waals surface area contributed by atoms with E-state index in [1.165, 1.54) is 0 Å². The van der Waals surface area contributed by atoms with E-state index < -0.39 is 0 Å².